The molecule has 1 aliphatic rings. The molecule has 1 amide bonds. The predicted octanol–water partition coefficient (Wildman–Crippen LogP) is 0.344. The lowest BCUT2D eigenvalue weighted by molar-refractivity contribution is -0.385. The Morgan fingerprint density at radius 2 is 2.12 bits per heavy atom. The number of aliphatic hydroxyl groups excluding tert-OH is 1. The van der Waals surface area contributed by atoms with Crippen LogP contribution in [0.15, 0.2) is 12.1 Å². The van der Waals surface area contributed by atoms with Crippen LogP contribution in [-0.4, -0.2) is 55.9 Å². The monoisotopic (exact) mass is 361 g/mol. The Morgan fingerprint density at radius 1 is 1.42 bits per heavy atom. The summed E-state index contributed by atoms with van der Waals surface area (Å²) in [7, 11) is 2.63. The smallest absolute Gasteiger partial charge is 0.315 e. The minimum Gasteiger partial charge on any atom is -0.493 e. The molecule has 2 unspecified atom stereocenters. The van der Waals surface area contributed by atoms with Crippen molar-refractivity contribution in [2.45, 2.75) is 6.10 Å². The zero-order valence-electron chi connectivity index (χ0n) is 13.3. The molecular formula is C14H20ClN3O6. The number of amides is 1. The lowest BCUT2D eigenvalue weighted by atomic mass is 10.1. The number of ether oxygens (including phenoxy) is 2. The van der Waals surface area contributed by atoms with Gasteiger partial charge in [-0.25, -0.2) is 0 Å². The van der Waals surface area contributed by atoms with Gasteiger partial charge < -0.3 is 25.2 Å². The van der Waals surface area contributed by atoms with Gasteiger partial charge >= 0.3 is 5.69 Å². The van der Waals surface area contributed by atoms with Crippen molar-refractivity contribution in [1.82, 2.24) is 10.6 Å². The number of hydrogen-bond acceptors (Lipinski definition) is 7. The van der Waals surface area contributed by atoms with E-state index in [-0.39, 0.29) is 47.6 Å². The van der Waals surface area contributed by atoms with Gasteiger partial charge in [-0.15, -0.1) is 12.4 Å². The van der Waals surface area contributed by atoms with E-state index in [1.807, 2.05) is 0 Å². The van der Waals surface area contributed by atoms with Crippen LogP contribution in [0.4, 0.5) is 5.69 Å². The first-order valence-corrected chi connectivity index (χ1v) is 7.05. The number of methoxy groups -OCH3 is 2. The van der Waals surface area contributed by atoms with Crippen LogP contribution in [0.3, 0.4) is 0 Å². The number of aliphatic hydroxyl groups is 1. The average molecular weight is 362 g/mol. The van der Waals surface area contributed by atoms with E-state index in [2.05, 4.69) is 10.6 Å². The van der Waals surface area contributed by atoms with E-state index in [0.717, 1.165) is 6.07 Å². The van der Waals surface area contributed by atoms with Gasteiger partial charge in [0.05, 0.1) is 30.8 Å². The number of carbonyl (C=O) groups is 1. The Bertz CT molecular complexity index is 612. The molecule has 0 radical (unpaired) electrons. The average Bonchev–Trinajstić information content (AvgIpc) is 2.96. The molecule has 2 atom stereocenters. The van der Waals surface area contributed by atoms with Crippen LogP contribution in [0, 0.1) is 16.0 Å². The Labute approximate surface area is 144 Å². The number of nitro benzene ring substituents is 1. The molecule has 9 nitrogen and oxygen atoms in total. The van der Waals surface area contributed by atoms with Crippen molar-refractivity contribution < 1.29 is 24.3 Å². The first-order chi connectivity index (χ1) is 11.0. The third-order valence-electron chi connectivity index (χ3n) is 3.75. The summed E-state index contributed by atoms with van der Waals surface area (Å²) in [6, 6.07) is 2.52. The number of carbonyl (C=O) groups excluding carboxylic acids is 1. The normalized spacial score (nSPS) is 19.3. The Kier molecular flexibility index (Phi) is 7.20. The second-order valence-corrected chi connectivity index (χ2v) is 5.18. The molecule has 0 aliphatic carbocycles. The predicted molar refractivity (Wildman–Crippen MR) is 88.1 cm³/mol. The van der Waals surface area contributed by atoms with Crippen LogP contribution in [0.5, 0.6) is 11.5 Å². The number of nitro groups is 1. The SMILES string of the molecule is COc1cc(C(=O)NCC2CNCC2O)cc([N+](=O)[O-])c1OC.Cl. The maximum absolute atomic E-state index is 12.2. The summed E-state index contributed by atoms with van der Waals surface area (Å²) in [6.45, 7) is 1.37. The van der Waals surface area contributed by atoms with E-state index in [4.69, 9.17) is 9.47 Å². The van der Waals surface area contributed by atoms with Crippen LogP contribution in [0.2, 0.25) is 0 Å². The van der Waals surface area contributed by atoms with Gasteiger partial charge in [0.15, 0.2) is 5.75 Å². The van der Waals surface area contributed by atoms with E-state index in [1.165, 1.54) is 20.3 Å². The van der Waals surface area contributed by atoms with Crippen LogP contribution in [-0.2, 0) is 0 Å². The van der Waals surface area contributed by atoms with Crippen LogP contribution >= 0.6 is 12.4 Å². The third-order valence-corrected chi connectivity index (χ3v) is 3.75. The molecule has 0 saturated carbocycles. The summed E-state index contributed by atoms with van der Waals surface area (Å²) in [5, 5.41) is 26.5. The van der Waals surface area contributed by atoms with Crippen molar-refractivity contribution >= 4 is 24.0 Å². The van der Waals surface area contributed by atoms with Gasteiger partial charge in [-0.05, 0) is 6.07 Å². The van der Waals surface area contributed by atoms with Crippen molar-refractivity contribution in [3.05, 3.63) is 27.8 Å². The second kappa shape index (κ2) is 8.67. The van der Waals surface area contributed by atoms with E-state index < -0.39 is 16.9 Å². The number of rotatable bonds is 6. The number of nitrogens with zero attached hydrogens (tertiary/aromatic N) is 1. The molecule has 1 saturated heterocycles. The number of nitrogens with one attached hydrogen (secondary N) is 2. The Morgan fingerprint density at radius 3 is 2.62 bits per heavy atom. The quantitative estimate of drug-likeness (QED) is 0.493. The molecule has 0 aromatic heterocycles. The van der Waals surface area contributed by atoms with Crippen molar-refractivity contribution in [1.29, 1.82) is 0 Å². The molecular weight excluding hydrogens is 342 g/mol. The summed E-state index contributed by atoms with van der Waals surface area (Å²) in [5.41, 5.74) is -0.255. The van der Waals surface area contributed by atoms with Crippen molar-refractivity contribution in [3.8, 4) is 11.5 Å². The first-order valence-electron chi connectivity index (χ1n) is 7.05. The number of benzene rings is 1. The summed E-state index contributed by atoms with van der Waals surface area (Å²) in [5.74, 6) is -0.499. The highest BCUT2D eigenvalue weighted by atomic mass is 35.5. The Hall–Kier alpha value is -2.10. The number of hydrogen-bond donors (Lipinski definition) is 3. The van der Waals surface area contributed by atoms with E-state index in [0.29, 0.717) is 13.1 Å². The number of β-amino-alcohol motifs (C(OH)–C–C–N with tert-alkyl or cyclic N) is 1. The molecule has 24 heavy (non-hydrogen) atoms. The molecule has 0 bridgehead atoms. The van der Waals surface area contributed by atoms with Gasteiger partial charge in [-0.3, -0.25) is 14.9 Å². The maximum Gasteiger partial charge on any atom is 0.315 e. The molecule has 1 aromatic carbocycles. The van der Waals surface area contributed by atoms with Crippen LogP contribution < -0.4 is 20.1 Å². The standard InChI is InChI=1S/C14H19N3O6.ClH/c1-22-12-4-8(3-10(17(20)21)13(12)23-2)14(19)16-6-9-5-15-7-11(9)18;/h3-4,9,11,15,18H,5-7H2,1-2H3,(H,16,19);1H. The topological polar surface area (TPSA) is 123 Å². The fourth-order valence-electron chi connectivity index (χ4n) is 2.46. The zero-order valence-corrected chi connectivity index (χ0v) is 14.1. The van der Waals surface area contributed by atoms with Gasteiger partial charge in [0.2, 0.25) is 5.75 Å². The molecule has 2 rings (SSSR count). The first kappa shape index (κ1) is 19.9. The summed E-state index contributed by atoms with van der Waals surface area (Å²) >= 11 is 0. The van der Waals surface area contributed by atoms with Crippen molar-refractivity contribution in [2.75, 3.05) is 33.9 Å². The third kappa shape index (κ3) is 4.25. The molecule has 0 spiro atoms. The van der Waals surface area contributed by atoms with E-state index in [1.54, 1.807) is 0 Å². The van der Waals surface area contributed by atoms with Gasteiger partial charge in [0.25, 0.3) is 5.91 Å². The molecule has 1 heterocycles. The van der Waals surface area contributed by atoms with Gasteiger partial charge in [-0.1, -0.05) is 0 Å². The molecule has 1 aromatic rings. The largest absolute Gasteiger partial charge is 0.493 e. The summed E-state index contributed by atoms with van der Waals surface area (Å²) in [6.07, 6.45) is -0.518. The van der Waals surface area contributed by atoms with Crippen LogP contribution in [0.25, 0.3) is 0 Å². The van der Waals surface area contributed by atoms with Crippen molar-refractivity contribution in [2.24, 2.45) is 5.92 Å². The van der Waals surface area contributed by atoms with Gasteiger partial charge in [0, 0.05) is 31.6 Å². The second-order valence-electron chi connectivity index (χ2n) is 5.18. The molecule has 10 heteroatoms. The Balaban J connectivity index is 0.00000288. The lowest BCUT2D eigenvalue weighted by Crippen LogP contribution is -2.34. The fourth-order valence-corrected chi connectivity index (χ4v) is 2.46. The van der Waals surface area contributed by atoms with E-state index in [9.17, 15) is 20.0 Å². The molecule has 1 fully saturated rings. The van der Waals surface area contributed by atoms with Crippen molar-refractivity contribution in [3.63, 3.8) is 0 Å². The highest BCUT2D eigenvalue weighted by molar-refractivity contribution is 5.96. The van der Waals surface area contributed by atoms with E-state index >= 15 is 0 Å². The summed E-state index contributed by atoms with van der Waals surface area (Å²) in [4.78, 5) is 22.7. The highest BCUT2D eigenvalue weighted by Gasteiger charge is 2.27. The summed E-state index contributed by atoms with van der Waals surface area (Å²) < 4.78 is 10.0. The zero-order chi connectivity index (χ0) is 17.0. The highest BCUT2D eigenvalue weighted by Crippen LogP contribution is 2.37. The molecule has 134 valence electrons. The number of halogens is 1. The minimum atomic E-state index is -0.636. The lowest BCUT2D eigenvalue weighted by Gasteiger charge is -2.15. The molecule has 1 aliphatic heterocycles. The molecule has 3 N–H and O–H groups in total. The maximum atomic E-state index is 12.2. The fraction of sp³-hybridized carbons (Fsp3) is 0.500. The van der Waals surface area contributed by atoms with Crippen LogP contribution in [0.1, 0.15) is 10.4 Å². The minimum absolute atomic E-state index is 0. The van der Waals surface area contributed by atoms with Gasteiger partial charge in [0.1, 0.15) is 0 Å². The van der Waals surface area contributed by atoms with Gasteiger partial charge in [-0.2, -0.15) is 0 Å².